The Morgan fingerprint density at radius 3 is 2.45 bits per heavy atom. The van der Waals surface area contributed by atoms with Crippen molar-refractivity contribution in [2.45, 2.75) is 58.9 Å². The van der Waals surface area contributed by atoms with E-state index in [9.17, 15) is 27.6 Å². The van der Waals surface area contributed by atoms with Crippen molar-refractivity contribution in [1.29, 1.82) is 0 Å². The number of carbonyl (C=O) groups excluding carboxylic acids is 3. The zero-order valence-corrected chi connectivity index (χ0v) is 32.2. The number of carbonyl (C=O) groups is 3. The van der Waals surface area contributed by atoms with Crippen LogP contribution in [0.2, 0.25) is 0 Å². The number of aromatic nitrogens is 3. The Hall–Kier alpha value is -5.24. The van der Waals surface area contributed by atoms with E-state index >= 15 is 0 Å². The molecule has 3 amide bonds. The minimum atomic E-state index is -4.57. The molecule has 3 N–H and O–H groups in total. The van der Waals surface area contributed by atoms with Gasteiger partial charge in [0.05, 0.1) is 28.8 Å². The molecule has 55 heavy (non-hydrogen) atoms. The van der Waals surface area contributed by atoms with E-state index in [1.165, 1.54) is 29.7 Å². The Kier molecular flexibility index (Phi) is 11.4. The number of anilines is 2. The van der Waals surface area contributed by atoms with Crippen molar-refractivity contribution in [2.24, 2.45) is 7.05 Å². The van der Waals surface area contributed by atoms with Crippen LogP contribution in [0.25, 0.3) is 11.4 Å². The SMILES string of the molecule is CCN1CCN(Cc2ccc(NC(=O)Cc3cc(C#Cc4cnc(N)nc4-c4cc5c(n4C)CCN(C(=O)OC(C)(C)C)C5=O)cs3)cc2C(F)(F)F)CC1. The molecule has 6 rings (SSSR count). The van der Waals surface area contributed by atoms with E-state index in [1.807, 2.05) is 9.47 Å². The van der Waals surface area contributed by atoms with E-state index in [0.29, 0.717) is 52.5 Å². The number of benzene rings is 1. The number of imide groups is 1. The molecule has 4 aromatic rings. The van der Waals surface area contributed by atoms with E-state index in [0.717, 1.165) is 36.3 Å². The number of nitrogens with zero attached hydrogens (tertiary/aromatic N) is 6. The molecule has 290 valence electrons. The maximum absolute atomic E-state index is 14.1. The van der Waals surface area contributed by atoms with Gasteiger partial charge in [-0.25, -0.2) is 19.7 Å². The summed E-state index contributed by atoms with van der Waals surface area (Å²) in [5.41, 5.74) is 7.76. The summed E-state index contributed by atoms with van der Waals surface area (Å²) in [6.45, 7) is 11.5. The molecule has 1 saturated heterocycles. The van der Waals surface area contributed by atoms with Crippen LogP contribution in [0.5, 0.6) is 0 Å². The number of hydrogen-bond donors (Lipinski definition) is 2. The molecule has 0 aliphatic carbocycles. The molecule has 1 aromatic carbocycles. The second-order valence-electron chi connectivity index (χ2n) is 14.5. The summed E-state index contributed by atoms with van der Waals surface area (Å²) in [6, 6.07) is 7.35. The molecule has 0 atom stereocenters. The fourth-order valence-corrected chi connectivity index (χ4v) is 7.41. The van der Waals surface area contributed by atoms with Gasteiger partial charge in [0.25, 0.3) is 5.91 Å². The van der Waals surface area contributed by atoms with Crippen LogP contribution in [-0.4, -0.2) is 92.0 Å². The van der Waals surface area contributed by atoms with E-state index in [-0.39, 0.29) is 36.7 Å². The van der Waals surface area contributed by atoms with Crippen LogP contribution in [0.4, 0.5) is 29.6 Å². The molecule has 0 radical (unpaired) electrons. The standard InChI is InChI=1S/C39H43F3N8O4S/c1-6-48-13-15-49(16-14-48)22-26-9-10-27(18-30(26)39(40,41)42)45-33(51)19-28-17-24(23-55-28)7-8-25-21-44-36(43)46-34(25)32-20-29-31(47(32)5)11-12-50(35(29)52)37(53)54-38(2,3)4/h9-10,17-18,20-21,23H,6,11-16,19,22H2,1-5H3,(H,45,51)(H2,43,44,46). The van der Waals surface area contributed by atoms with Crippen LogP contribution in [-0.2, 0) is 42.1 Å². The highest BCUT2D eigenvalue weighted by Gasteiger charge is 2.36. The van der Waals surface area contributed by atoms with Crippen molar-refractivity contribution in [2.75, 3.05) is 50.3 Å². The number of alkyl halides is 3. The normalized spacial score (nSPS) is 15.3. The fraction of sp³-hybridized carbons (Fsp3) is 0.410. The first-order valence-corrected chi connectivity index (χ1v) is 18.8. The largest absolute Gasteiger partial charge is 0.443 e. The molecule has 2 aliphatic rings. The van der Waals surface area contributed by atoms with Crippen molar-refractivity contribution in [1.82, 2.24) is 29.2 Å². The molecule has 0 saturated carbocycles. The molecule has 0 spiro atoms. The van der Waals surface area contributed by atoms with Gasteiger partial charge < -0.3 is 25.3 Å². The lowest BCUT2D eigenvalue weighted by Crippen LogP contribution is -2.45. The minimum absolute atomic E-state index is 0.00715. The van der Waals surface area contributed by atoms with Gasteiger partial charge in [-0.3, -0.25) is 14.5 Å². The van der Waals surface area contributed by atoms with Crippen LogP contribution >= 0.6 is 11.3 Å². The van der Waals surface area contributed by atoms with Gasteiger partial charge in [-0.15, -0.1) is 11.3 Å². The number of ether oxygens (including phenoxy) is 1. The molecule has 5 heterocycles. The second-order valence-corrected chi connectivity index (χ2v) is 15.5. The van der Waals surface area contributed by atoms with Crippen LogP contribution in [0.15, 0.2) is 41.9 Å². The number of thiophene rings is 1. The summed E-state index contributed by atoms with van der Waals surface area (Å²) in [5, 5.41) is 4.39. The number of amides is 3. The minimum Gasteiger partial charge on any atom is -0.443 e. The maximum Gasteiger partial charge on any atom is 0.417 e. The third-order valence-corrected chi connectivity index (χ3v) is 10.3. The number of rotatable bonds is 7. The predicted molar refractivity (Wildman–Crippen MR) is 203 cm³/mol. The van der Waals surface area contributed by atoms with Crippen LogP contribution in [0.1, 0.15) is 70.9 Å². The topological polar surface area (TPSA) is 139 Å². The van der Waals surface area contributed by atoms with Gasteiger partial charge in [-0.05, 0) is 57.1 Å². The van der Waals surface area contributed by atoms with Gasteiger partial charge in [0.2, 0.25) is 11.9 Å². The Labute approximate surface area is 321 Å². The smallest absolute Gasteiger partial charge is 0.417 e. The Balaban J connectivity index is 1.14. The lowest BCUT2D eigenvalue weighted by molar-refractivity contribution is -0.138. The molecule has 16 heteroatoms. The first kappa shape index (κ1) is 39.5. The van der Waals surface area contributed by atoms with E-state index in [2.05, 4.69) is 38.9 Å². The van der Waals surface area contributed by atoms with Gasteiger partial charge in [0.1, 0.15) is 11.3 Å². The van der Waals surface area contributed by atoms with Crippen LogP contribution < -0.4 is 11.1 Å². The summed E-state index contributed by atoms with van der Waals surface area (Å²) >= 11 is 1.30. The Bertz CT molecular complexity index is 2170. The number of hydrogen-bond acceptors (Lipinski definition) is 10. The molecule has 0 unspecified atom stereocenters. The molecule has 1 fully saturated rings. The number of nitrogen functional groups attached to an aromatic ring is 1. The zero-order chi connectivity index (χ0) is 39.7. The van der Waals surface area contributed by atoms with Gasteiger partial charge in [0.15, 0.2) is 0 Å². The summed E-state index contributed by atoms with van der Waals surface area (Å²) in [4.78, 5) is 53.7. The van der Waals surface area contributed by atoms with Gasteiger partial charge >= 0.3 is 12.3 Å². The van der Waals surface area contributed by atoms with Gasteiger partial charge in [-0.2, -0.15) is 13.2 Å². The van der Waals surface area contributed by atoms with Crippen molar-refractivity contribution in [3.05, 3.63) is 80.3 Å². The van der Waals surface area contributed by atoms with Crippen LogP contribution in [0.3, 0.4) is 0 Å². The average Bonchev–Trinajstić information content (AvgIpc) is 3.71. The summed E-state index contributed by atoms with van der Waals surface area (Å²) in [5.74, 6) is 5.21. The highest BCUT2D eigenvalue weighted by Crippen LogP contribution is 2.35. The highest BCUT2D eigenvalue weighted by molar-refractivity contribution is 7.10. The van der Waals surface area contributed by atoms with Crippen molar-refractivity contribution < 1.29 is 32.3 Å². The second kappa shape index (κ2) is 15.9. The molecule has 3 aromatic heterocycles. The third-order valence-electron chi connectivity index (χ3n) is 9.41. The van der Waals surface area contributed by atoms with Crippen molar-refractivity contribution in [3.8, 4) is 23.2 Å². The molecule has 2 aliphatic heterocycles. The summed E-state index contributed by atoms with van der Waals surface area (Å²) in [6.07, 6.45) is -3.45. The van der Waals surface area contributed by atoms with Gasteiger partial charge in [0, 0.05) is 86.1 Å². The molecule has 0 bridgehead atoms. The monoisotopic (exact) mass is 776 g/mol. The first-order valence-electron chi connectivity index (χ1n) is 17.9. The third kappa shape index (κ3) is 9.35. The summed E-state index contributed by atoms with van der Waals surface area (Å²) < 4.78 is 49.6. The quantitative estimate of drug-likeness (QED) is 0.223. The Morgan fingerprint density at radius 2 is 1.76 bits per heavy atom. The molecule has 12 nitrogen and oxygen atoms in total. The number of likely N-dealkylation sites (N-methyl/N-ethyl adjacent to an activating group) is 1. The fourth-order valence-electron chi connectivity index (χ4n) is 6.60. The first-order chi connectivity index (χ1) is 26.0. The number of halogens is 3. The highest BCUT2D eigenvalue weighted by atomic mass is 32.1. The lowest BCUT2D eigenvalue weighted by atomic mass is 10.0. The average molecular weight is 777 g/mol. The van der Waals surface area contributed by atoms with Crippen LogP contribution in [0, 0.1) is 11.8 Å². The van der Waals surface area contributed by atoms with E-state index < -0.39 is 35.2 Å². The number of piperazine rings is 1. The van der Waals surface area contributed by atoms with Crippen molar-refractivity contribution >= 4 is 40.9 Å². The predicted octanol–water partition coefficient (Wildman–Crippen LogP) is 5.80. The lowest BCUT2D eigenvalue weighted by Gasteiger charge is -2.34. The maximum atomic E-state index is 14.1. The molecular formula is C39H43F3N8O4S. The zero-order valence-electron chi connectivity index (χ0n) is 31.3. The molecular weight excluding hydrogens is 734 g/mol. The Morgan fingerprint density at radius 1 is 1.04 bits per heavy atom. The number of nitrogens with one attached hydrogen (secondary N) is 1. The number of fused-ring (bicyclic) bond motifs is 1. The summed E-state index contributed by atoms with van der Waals surface area (Å²) in [7, 11) is 1.80. The van der Waals surface area contributed by atoms with Crippen molar-refractivity contribution in [3.63, 3.8) is 0 Å². The van der Waals surface area contributed by atoms with E-state index in [4.69, 9.17) is 10.5 Å². The number of nitrogens with two attached hydrogens (primary N) is 1. The van der Waals surface area contributed by atoms with Gasteiger partial charge in [-0.1, -0.05) is 24.8 Å². The van der Waals surface area contributed by atoms with E-state index in [1.54, 1.807) is 45.3 Å².